The Bertz CT molecular complexity index is 301. The van der Waals surface area contributed by atoms with Gasteiger partial charge in [-0.15, -0.1) is 0 Å². The quantitative estimate of drug-likeness (QED) is 0.446. The Morgan fingerprint density at radius 1 is 0.941 bits per heavy atom. The number of rotatable bonds is 5. The molecular formula is C9H12O8. The van der Waals surface area contributed by atoms with Crippen LogP contribution in [0.15, 0.2) is 12.2 Å². The highest BCUT2D eigenvalue weighted by atomic mass is 16.5. The van der Waals surface area contributed by atoms with Gasteiger partial charge in [-0.2, -0.15) is 0 Å². The maximum absolute atomic E-state index is 10.2. The number of carboxylic acid groups (broad SMARTS) is 3. The van der Waals surface area contributed by atoms with E-state index in [1.54, 1.807) is 0 Å². The van der Waals surface area contributed by atoms with Crippen molar-refractivity contribution in [1.82, 2.24) is 0 Å². The number of carbonyl (C=O) groups is 4. The first-order chi connectivity index (χ1) is 7.79. The van der Waals surface area contributed by atoms with Crippen LogP contribution in [0.2, 0.25) is 0 Å². The average molecular weight is 248 g/mol. The van der Waals surface area contributed by atoms with Crippen LogP contribution in [-0.4, -0.2) is 46.3 Å². The van der Waals surface area contributed by atoms with Crippen LogP contribution in [0.25, 0.3) is 0 Å². The smallest absolute Gasteiger partial charge is 0.328 e. The molecule has 3 N–H and O–H groups in total. The molecule has 0 atom stereocenters. The molecule has 0 aromatic rings. The van der Waals surface area contributed by atoms with E-state index in [1.165, 1.54) is 7.11 Å². The first-order valence-corrected chi connectivity index (χ1v) is 4.22. The van der Waals surface area contributed by atoms with Crippen molar-refractivity contribution in [2.24, 2.45) is 0 Å². The molecule has 0 fully saturated rings. The maximum atomic E-state index is 10.2. The van der Waals surface area contributed by atoms with E-state index in [0.717, 1.165) is 0 Å². The van der Waals surface area contributed by atoms with Crippen molar-refractivity contribution >= 4 is 23.9 Å². The first kappa shape index (κ1) is 17.0. The summed E-state index contributed by atoms with van der Waals surface area (Å²) in [5, 5.41) is 23.7. The number of carboxylic acids is 3. The van der Waals surface area contributed by atoms with E-state index >= 15 is 0 Å². The molecular weight excluding hydrogens is 236 g/mol. The van der Waals surface area contributed by atoms with Gasteiger partial charge in [0.25, 0.3) is 0 Å². The zero-order valence-electron chi connectivity index (χ0n) is 8.95. The highest BCUT2D eigenvalue weighted by Gasteiger charge is 2.02. The zero-order valence-corrected chi connectivity index (χ0v) is 8.95. The number of hydrogen-bond acceptors (Lipinski definition) is 5. The molecule has 0 amide bonds. The molecule has 0 bridgehead atoms. The fourth-order valence-corrected chi connectivity index (χ4v) is 0.454. The molecule has 0 rings (SSSR count). The van der Waals surface area contributed by atoms with E-state index < -0.39 is 23.9 Å². The molecule has 0 radical (unpaired) electrons. The fraction of sp³-hybridized carbons (Fsp3) is 0.333. The Morgan fingerprint density at radius 2 is 1.35 bits per heavy atom. The highest BCUT2D eigenvalue weighted by Crippen LogP contribution is 1.89. The number of aliphatic carboxylic acids is 3. The molecule has 0 spiro atoms. The molecule has 0 aliphatic heterocycles. The van der Waals surface area contributed by atoms with Gasteiger partial charge in [-0.3, -0.25) is 9.59 Å². The van der Waals surface area contributed by atoms with Crippen LogP contribution in [-0.2, 0) is 23.9 Å². The molecule has 17 heavy (non-hydrogen) atoms. The van der Waals surface area contributed by atoms with Crippen molar-refractivity contribution in [1.29, 1.82) is 0 Å². The summed E-state index contributed by atoms with van der Waals surface area (Å²) >= 11 is 0. The standard InChI is InChI=1S/C5H8O4.C4H4O4/c1-9-5(8)3-2-4(6)7;5-3(6)1-2-4(7)8/h2-3H2,1H3,(H,6,7);1-2H,(H,5,6)(H,7,8)/b;2-1-. The zero-order chi connectivity index (χ0) is 13.8. The Labute approximate surface area is 96.1 Å². The number of methoxy groups -OCH3 is 1. The number of esters is 1. The summed E-state index contributed by atoms with van der Waals surface area (Å²) in [5.41, 5.74) is 0. The third-order valence-electron chi connectivity index (χ3n) is 1.14. The first-order valence-electron chi connectivity index (χ1n) is 4.22. The van der Waals surface area contributed by atoms with E-state index in [0.29, 0.717) is 12.2 Å². The molecule has 0 aromatic heterocycles. The number of ether oxygens (including phenoxy) is 1. The van der Waals surface area contributed by atoms with Crippen molar-refractivity contribution in [3.63, 3.8) is 0 Å². The van der Waals surface area contributed by atoms with Crippen LogP contribution in [0.3, 0.4) is 0 Å². The van der Waals surface area contributed by atoms with Crippen LogP contribution < -0.4 is 0 Å². The minimum Gasteiger partial charge on any atom is -0.481 e. The predicted octanol–water partition coefficient (Wildman–Crippen LogP) is -0.264. The Balaban J connectivity index is 0. The summed E-state index contributed by atoms with van der Waals surface area (Å²) in [6.07, 6.45) is 0.906. The van der Waals surface area contributed by atoms with Crippen molar-refractivity contribution in [3.05, 3.63) is 12.2 Å². The summed E-state index contributed by atoms with van der Waals surface area (Å²) < 4.78 is 4.20. The lowest BCUT2D eigenvalue weighted by Gasteiger charge is -1.92. The lowest BCUT2D eigenvalue weighted by molar-refractivity contribution is -0.145. The minimum atomic E-state index is -1.26. The van der Waals surface area contributed by atoms with Gasteiger partial charge in [-0.05, 0) is 0 Å². The molecule has 0 aliphatic rings. The topological polar surface area (TPSA) is 138 Å². The van der Waals surface area contributed by atoms with Gasteiger partial charge in [0.1, 0.15) is 0 Å². The summed E-state index contributed by atoms with van der Waals surface area (Å²) in [6, 6.07) is 0. The Kier molecular flexibility index (Phi) is 10.2. The lowest BCUT2D eigenvalue weighted by Crippen LogP contribution is -2.04. The van der Waals surface area contributed by atoms with Gasteiger partial charge in [0.15, 0.2) is 0 Å². The molecule has 8 nitrogen and oxygen atoms in total. The van der Waals surface area contributed by atoms with Gasteiger partial charge in [-0.1, -0.05) is 0 Å². The van der Waals surface area contributed by atoms with Gasteiger partial charge in [0.2, 0.25) is 0 Å². The Morgan fingerprint density at radius 3 is 1.59 bits per heavy atom. The van der Waals surface area contributed by atoms with E-state index in [2.05, 4.69) is 4.74 Å². The monoisotopic (exact) mass is 248 g/mol. The maximum Gasteiger partial charge on any atom is 0.328 e. The minimum absolute atomic E-state index is 0.0498. The molecule has 0 unspecified atom stereocenters. The molecule has 0 heterocycles. The summed E-state index contributed by atoms with van der Waals surface area (Å²) in [5.74, 6) is -3.99. The summed E-state index contributed by atoms with van der Waals surface area (Å²) in [4.78, 5) is 39.1. The van der Waals surface area contributed by atoms with Crippen LogP contribution in [0, 0.1) is 0 Å². The fourth-order valence-electron chi connectivity index (χ4n) is 0.454. The van der Waals surface area contributed by atoms with Gasteiger partial charge in [0.05, 0.1) is 20.0 Å². The SMILES string of the molecule is COC(=O)CCC(=O)O.O=C(O)/C=C\C(=O)O. The van der Waals surface area contributed by atoms with Gasteiger partial charge in [0, 0.05) is 12.2 Å². The normalized spacial score (nSPS) is 9.00. The van der Waals surface area contributed by atoms with Gasteiger partial charge < -0.3 is 20.1 Å². The van der Waals surface area contributed by atoms with Crippen molar-refractivity contribution in [3.8, 4) is 0 Å². The van der Waals surface area contributed by atoms with Crippen LogP contribution in [0.4, 0.5) is 0 Å². The van der Waals surface area contributed by atoms with Crippen LogP contribution in [0.1, 0.15) is 12.8 Å². The lowest BCUT2D eigenvalue weighted by atomic mass is 10.3. The number of hydrogen-bond donors (Lipinski definition) is 3. The van der Waals surface area contributed by atoms with E-state index in [1.807, 2.05) is 0 Å². The van der Waals surface area contributed by atoms with E-state index in [4.69, 9.17) is 15.3 Å². The van der Waals surface area contributed by atoms with E-state index in [9.17, 15) is 19.2 Å². The largest absolute Gasteiger partial charge is 0.481 e. The van der Waals surface area contributed by atoms with E-state index in [-0.39, 0.29) is 12.8 Å². The average Bonchev–Trinajstić information content (AvgIpc) is 2.23. The van der Waals surface area contributed by atoms with Crippen molar-refractivity contribution in [2.45, 2.75) is 12.8 Å². The van der Waals surface area contributed by atoms with Crippen LogP contribution in [0.5, 0.6) is 0 Å². The predicted molar refractivity (Wildman–Crippen MR) is 53.3 cm³/mol. The van der Waals surface area contributed by atoms with Crippen LogP contribution >= 0.6 is 0 Å². The molecule has 0 saturated heterocycles. The van der Waals surface area contributed by atoms with Crippen molar-refractivity contribution < 1.29 is 39.2 Å². The molecule has 8 heteroatoms. The molecule has 0 aliphatic carbocycles. The second-order valence-electron chi connectivity index (χ2n) is 2.48. The third-order valence-corrected chi connectivity index (χ3v) is 1.14. The third kappa shape index (κ3) is 19.9. The molecule has 0 saturated carbocycles. The molecule has 0 aromatic carbocycles. The summed E-state index contributed by atoms with van der Waals surface area (Å²) in [7, 11) is 1.23. The van der Waals surface area contributed by atoms with Gasteiger partial charge in [-0.25, -0.2) is 9.59 Å². The Hall–Kier alpha value is -2.38. The second kappa shape index (κ2) is 10.1. The van der Waals surface area contributed by atoms with Gasteiger partial charge >= 0.3 is 23.9 Å². The summed E-state index contributed by atoms with van der Waals surface area (Å²) in [6.45, 7) is 0. The second-order valence-corrected chi connectivity index (χ2v) is 2.48. The van der Waals surface area contributed by atoms with Crippen molar-refractivity contribution in [2.75, 3.05) is 7.11 Å². The molecule has 96 valence electrons. The number of carbonyl (C=O) groups excluding carboxylic acids is 1. The highest BCUT2D eigenvalue weighted by molar-refractivity contribution is 5.89.